The predicted octanol–water partition coefficient (Wildman–Crippen LogP) is 4.82. The van der Waals surface area contributed by atoms with Crippen molar-refractivity contribution in [2.45, 2.75) is 13.3 Å². The first-order valence-electron chi connectivity index (χ1n) is 10.9. The molecular weight excluding hydrogens is 508 g/mol. The maximum Gasteiger partial charge on any atom is 0.269 e. The van der Waals surface area contributed by atoms with Gasteiger partial charge in [-0.1, -0.05) is 52.3 Å². The van der Waals surface area contributed by atoms with Gasteiger partial charge in [0, 0.05) is 17.2 Å². The SMILES string of the molecule is Cc1cccn2c(=O)c(C=C(C#N)C(=O)NCCc3ccccc3)c(Oc3ccc(Br)cc3)nc12. The number of carbonyl (C=O) groups excluding carboxylic acids is 1. The van der Waals surface area contributed by atoms with Gasteiger partial charge in [0.05, 0.1) is 0 Å². The number of nitrogens with one attached hydrogen (secondary N) is 1. The smallest absolute Gasteiger partial charge is 0.269 e. The molecule has 0 saturated carbocycles. The second kappa shape index (κ2) is 10.8. The number of aromatic nitrogens is 2. The molecule has 0 aliphatic carbocycles. The second-order valence-corrected chi connectivity index (χ2v) is 8.65. The number of hydrogen-bond donors (Lipinski definition) is 1. The van der Waals surface area contributed by atoms with E-state index in [0.29, 0.717) is 24.4 Å². The number of amides is 1. The van der Waals surface area contributed by atoms with Gasteiger partial charge in [0.25, 0.3) is 11.5 Å². The van der Waals surface area contributed by atoms with Crippen LogP contribution in [-0.4, -0.2) is 21.8 Å². The summed E-state index contributed by atoms with van der Waals surface area (Å²) in [5, 5.41) is 12.4. The standard InChI is InChI=1S/C27H21BrN4O3/c1-18-6-5-15-32-24(18)31-26(35-22-11-9-21(28)10-12-22)23(27(32)34)16-20(17-29)25(33)30-14-13-19-7-3-2-4-8-19/h2-12,15-16H,13-14H2,1H3,(H,30,33). The summed E-state index contributed by atoms with van der Waals surface area (Å²) < 4.78 is 8.18. The number of halogens is 1. The monoisotopic (exact) mass is 528 g/mol. The van der Waals surface area contributed by atoms with Gasteiger partial charge in [-0.15, -0.1) is 0 Å². The van der Waals surface area contributed by atoms with Crippen molar-refractivity contribution in [3.05, 3.63) is 110 Å². The van der Waals surface area contributed by atoms with Gasteiger partial charge in [-0.3, -0.25) is 14.0 Å². The van der Waals surface area contributed by atoms with Gasteiger partial charge in [0.2, 0.25) is 5.88 Å². The Balaban J connectivity index is 1.70. The van der Waals surface area contributed by atoms with Gasteiger partial charge in [-0.2, -0.15) is 10.2 Å². The Hall–Kier alpha value is -4.22. The van der Waals surface area contributed by atoms with Crippen LogP contribution in [0.1, 0.15) is 16.7 Å². The van der Waals surface area contributed by atoms with Crippen LogP contribution in [0.25, 0.3) is 11.7 Å². The molecule has 0 unspecified atom stereocenters. The molecule has 0 spiro atoms. The largest absolute Gasteiger partial charge is 0.438 e. The number of ether oxygens (including phenoxy) is 1. The van der Waals surface area contributed by atoms with Crippen LogP contribution < -0.4 is 15.6 Å². The predicted molar refractivity (Wildman–Crippen MR) is 137 cm³/mol. The molecule has 2 heterocycles. The summed E-state index contributed by atoms with van der Waals surface area (Å²) in [5.74, 6) is -0.110. The number of fused-ring (bicyclic) bond motifs is 1. The summed E-state index contributed by atoms with van der Waals surface area (Å²) in [6.45, 7) is 2.18. The Morgan fingerprint density at radius 1 is 1.14 bits per heavy atom. The zero-order valence-electron chi connectivity index (χ0n) is 18.9. The topological polar surface area (TPSA) is 96.5 Å². The van der Waals surface area contributed by atoms with Crippen LogP contribution in [0.4, 0.5) is 0 Å². The van der Waals surface area contributed by atoms with Crippen molar-refractivity contribution in [3.8, 4) is 17.7 Å². The quantitative estimate of drug-likeness (QED) is 0.274. The van der Waals surface area contributed by atoms with Crippen LogP contribution in [0.3, 0.4) is 0 Å². The fourth-order valence-corrected chi connectivity index (χ4v) is 3.73. The first-order chi connectivity index (χ1) is 17.0. The minimum Gasteiger partial charge on any atom is -0.438 e. The highest BCUT2D eigenvalue weighted by atomic mass is 79.9. The van der Waals surface area contributed by atoms with E-state index < -0.39 is 11.5 Å². The summed E-state index contributed by atoms with van der Waals surface area (Å²) in [7, 11) is 0. The van der Waals surface area contributed by atoms with Crippen LogP contribution in [0.5, 0.6) is 11.6 Å². The van der Waals surface area contributed by atoms with E-state index in [9.17, 15) is 14.9 Å². The number of aryl methyl sites for hydroxylation is 1. The van der Waals surface area contributed by atoms with Crippen molar-refractivity contribution < 1.29 is 9.53 Å². The maximum absolute atomic E-state index is 13.4. The van der Waals surface area contributed by atoms with Crippen LogP contribution in [0.2, 0.25) is 0 Å². The first kappa shape index (κ1) is 23.9. The van der Waals surface area contributed by atoms with Crippen molar-refractivity contribution in [3.63, 3.8) is 0 Å². The highest BCUT2D eigenvalue weighted by Crippen LogP contribution is 2.26. The van der Waals surface area contributed by atoms with Gasteiger partial charge >= 0.3 is 0 Å². The molecular formula is C27H21BrN4O3. The molecule has 7 nitrogen and oxygen atoms in total. The Morgan fingerprint density at radius 2 is 1.89 bits per heavy atom. The van der Waals surface area contributed by atoms with Crippen molar-refractivity contribution >= 4 is 33.6 Å². The minimum absolute atomic E-state index is 0.00535. The third-order valence-electron chi connectivity index (χ3n) is 5.27. The highest BCUT2D eigenvalue weighted by molar-refractivity contribution is 9.10. The molecule has 35 heavy (non-hydrogen) atoms. The Labute approximate surface area is 210 Å². The lowest BCUT2D eigenvalue weighted by Gasteiger charge is -2.11. The summed E-state index contributed by atoms with van der Waals surface area (Å²) >= 11 is 3.38. The summed E-state index contributed by atoms with van der Waals surface area (Å²) in [6.07, 6.45) is 3.43. The van der Waals surface area contributed by atoms with Gasteiger partial charge < -0.3 is 10.1 Å². The van der Waals surface area contributed by atoms with Crippen molar-refractivity contribution in [1.82, 2.24) is 14.7 Å². The minimum atomic E-state index is -0.577. The second-order valence-electron chi connectivity index (χ2n) is 7.74. The molecule has 0 atom stereocenters. The van der Waals surface area contributed by atoms with Gasteiger partial charge in [0.1, 0.15) is 28.6 Å². The van der Waals surface area contributed by atoms with Crippen molar-refractivity contribution in [2.75, 3.05) is 6.54 Å². The number of benzene rings is 2. The van der Waals surface area contributed by atoms with Gasteiger partial charge in [-0.25, -0.2) is 0 Å². The highest BCUT2D eigenvalue weighted by Gasteiger charge is 2.18. The molecule has 0 radical (unpaired) electrons. The van der Waals surface area contributed by atoms with E-state index >= 15 is 0 Å². The van der Waals surface area contributed by atoms with E-state index in [4.69, 9.17) is 4.74 Å². The fourth-order valence-electron chi connectivity index (χ4n) is 3.46. The number of rotatable bonds is 7. The van der Waals surface area contributed by atoms with E-state index in [1.165, 1.54) is 10.5 Å². The lowest BCUT2D eigenvalue weighted by atomic mass is 10.1. The normalized spacial score (nSPS) is 11.2. The average molecular weight is 529 g/mol. The molecule has 4 aromatic rings. The molecule has 0 bridgehead atoms. The van der Waals surface area contributed by atoms with Crippen molar-refractivity contribution in [1.29, 1.82) is 5.26 Å². The number of nitrogens with zero attached hydrogens (tertiary/aromatic N) is 3. The molecule has 8 heteroatoms. The maximum atomic E-state index is 13.4. The van der Waals surface area contributed by atoms with E-state index in [1.807, 2.05) is 49.4 Å². The number of pyridine rings is 1. The Kier molecular flexibility index (Phi) is 7.38. The molecule has 2 aromatic carbocycles. The van der Waals surface area contributed by atoms with E-state index in [1.54, 1.807) is 36.5 Å². The lowest BCUT2D eigenvalue weighted by Crippen LogP contribution is -2.27. The van der Waals surface area contributed by atoms with Gasteiger partial charge in [-0.05, 0) is 60.9 Å². The molecule has 0 fully saturated rings. The summed E-state index contributed by atoms with van der Waals surface area (Å²) in [4.78, 5) is 30.6. The molecule has 2 aromatic heterocycles. The van der Waals surface area contributed by atoms with Crippen LogP contribution in [0.15, 0.2) is 87.8 Å². The van der Waals surface area contributed by atoms with Gasteiger partial charge in [0.15, 0.2) is 0 Å². The number of nitriles is 1. The van der Waals surface area contributed by atoms with E-state index in [0.717, 1.165) is 15.6 Å². The molecule has 1 amide bonds. The Bertz CT molecular complexity index is 1500. The summed E-state index contributed by atoms with van der Waals surface area (Å²) in [6, 6.07) is 22.2. The lowest BCUT2D eigenvalue weighted by molar-refractivity contribution is -0.117. The van der Waals surface area contributed by atoms with Crippen LogP contribution in [-0.2, 0) is 11.2 Å². The fraction of sp³-hybridized carbons (Fsp3) is 0.111. The van der Waals surface area contributed by atoms with E-state index in [2.05, 4.69) is 26.2 Å². The third-order valence-corrected chi connectivity index (χ3v) is 5.80. The molecule has 1 N–H and O–H groups in total. The molecule has 0 aliphatic heterocycles. The van der Waals surface area contributed by atoms with E-state index in [-0.39, 0.29) is 17.0 Å². The number of hydrogen-bond acceptors (Lipinski definition) is 5. The summed E-state index contributed by atoms with van der Waals surface area (Å²) in [5.41, 5.74) is 1.60. The third kappa shape index (κ3) is 5.65. The zero-order chi connectivity index (χ0) is 24.8. The van der Waals surface area contributed by atoms with Crippen LogP contribution >= 0.6 is 15.9 Å². The molecule has 4 rings (SSSR count). The molecule has 0 saturated heterocycles. The Morgan fingerprint density at radius 3 is 2.60 bits per heavy atom. The van der Waals surface area contributed by atoms with Crippen molar-refractivity contribution in [2.24, 2.45) is 0 Å². The number of carbonyl (C=O) groups is 1. The van der Waals surface area contributed by atoms with Crippen LogP contribution in [0, 0.1) is 18.3 Å². The zero-order valence-corrected chi connectivity index (χ0v) is 20.5. The molecule has 0 aliphatic rings. The molecule has 174 valence electrons. The average Bonchev–Trinajstić information content (AvgIpc) is 2.86. The first-order valence-corrected chi connectivity index (χ1v) is 11.6.